The van der Waals surface area contributed by atoms with Crippen molar-refractivity contribution in [2.24, 2.45) is 5.41 Å². The van der Waals surface area contributed by atoms with E-state index in [1.807, 2.05) is 18.5 Å². The first-order chi connectivity index (χ1) is 7.16. The molecule has 1 aromatic heterocycles. The van der Waals surface area contributed by atoms with Gasteiger partial charge in [0.15, 0.2) is 0 Å². The van der Waals surface area contributed by atoms with Crippen molar-refractivity contribution in [1.82, 2.24) is 4.98 Å². The maximum Gasteiger partial charge on any atom is 0.0343 e. The third-order valence-electron chi connectivity index (χ3n) is 3.28. The molecule has 78 valence electrons. The molecule has 1 nitrogen and oxygen atoms in total. The molecule has 1 aliphatic carbocycles. The van der Waals surface area contributed by atoms with Crippen LogP contribution in [-0.2, 0) is 0 Å². The lowest BCUT2D eigenvalue weighted by atomic mass is 9.77. The topological polar surface area (TPSA) is 12.9 Å². The number of rotatable bonds is 2. The van der Waals surface area contributed by atoms with Crippen LogP contribution >= 0.6 is 0 Å². The molecule has 1 heteroatoms. The van der Waals surface area contributed by atoms with E-state index in [1.165, 1.54) is 16.7 Å². The van der Waals surface area contributed by atoms with Crippen LogP contribution < -0.4 is 0 Å². The van der Waals surface area contributed by atoms with E-state index in [-0.39, 0.29) is 5.41 Å². The van der Waals surface area contributed by atoms with Crippen LogP contribution in [0.1, 0.15) is 32.8 Å². The molecule has 1 heterocycles. The highest BCUT2D eigenvalue weighted by molar-refractivity contribution is 5.77. The van der Waals surface area contributed by atoms with Gasteiger partial charge in [-0.1, -0.05) is 44.6 Å². The highest BCUT2D eigenvalue weighted by Gasteiger charge is 2.30. The predicted molar refractivity (Wildman–Crippen MR) is 64.4 cm³/mol. The molecule has 0 aliphatic heterocycles. The zero-order valence-corrected chi connectivity index (χ0v) is 9.62. The summed E-state index contributed by atoms with van der Waals surface area (Å²) in [5, 5.41) is 0. The van der Waals surface area contributed by atoms with Crippen molar-refractivity contribution in [3.05, 3.63) is 47.8 Å². The van der Waals surface area contributed by atoms with Crippen LogP contribution in [0.15, 0.2) is 42.3 Å². The summed E-state index contributed by atoms with van der Waals surface area (Å²) in [5.74, 6) is 0. The molecule has 0 radical (unpaired) electrons. The molecule has 0 amide bonds. The minimum atomic E-state index is 0.164. The van der Waals surface area contributed by atoms with E-state index < -0.39 is 0 Å². The van der Waals surface area contributed by atoms with Gasteiger partial charge in [0.05, 0.1) is 0 Å². The Hall–Kier alpha value is -1.37. The highest BCUT2D eigenvalue weighted by Crippen LogP contribution is 2.45. The van der Waals surface area contributed by atoms with Crippen LogP contribution in [0.3, 0.4) is 0 Å². The van der Waals surface area contributed by atoms with Crippen molar-refractivity contribution >= 4 is 5.57 Å². The number of hydrogen-bond donors (Lipinski definition) is 0. The Bertz CT molecular complexity index is 410. The van der Waals surface area contributed by atoms with Crippen molar-refractivity contribution in [2.45, 2.75) is 27.2 Å². The van der Waals surface area contributed by atoms with Crippen molar-refractivity contribution in [2.75, 3.05) is 0 Å². The monoisotopic (exact) mass is 199 g/mol. The van der Waals surface area contributed by atoms with Crippen molar-refractivity contribution in [3.8, 4) is 0 Å². The highest BCUT2D eigenvalue weighted by atomic mass is 14.6. The van der Waals surface area contributed by atoms with Gasteiger partial charge in [0.1, 0.15) is 0 Å². The average Bonchev–Trinajstić information content (AvgIpc) is 2.54. The second-order valence-electron chi connectivity index (χ2n) is 4.49. The molecular weight excluding hydrogens is 182 g/mol. The summed E-state index contributed by atoms with van der Waals surface area (Å²) in [6.07, 6.45) is 9.37. The lowest BCUT2D eigenvalue weighted by molar-refractivity contribution is 0.590. The molecule has 0 spiro atoms. The zero-order valence-electron chi connectivity index (χ0n) is 9.62. The summed E-state index contributed by atoms with van der Waals surface area (Å²) < 4.78 is 0. The number of aromatic nitrogens is 1. The van der Waals surface area contributed by atoms with Crippen molar-refractivity contribution < 1.29 is 0 Å². The molecule has 0 bridgehead atoms. The third-order valence-corrected chi connectivity index (χ3v) is 3.28. The second kappa shape index (κ2) is 3.65. The first kappa shape index (κ1) is 10.2. The molecule has 0 saturated carbocycles. The summed E-state index contributed by atoms with van der Waals surface area (Å²) in [4.78, 5) is 4.18. The maximum atomic E-state index is 4.18. The molecule has 1 aliphatic rings. The fourth-order valence-electron chi connectivity index (χ4n) is 2.31. The van der Waals surface area contributed by atoms with Crippen LogP contribution in [0.5, 0.6) is 0 Å². The molecule has 0 unspecified atom stereocenters. The lowest BCUT2D eigenvalue weighted by Gasteiger charge is -2.26. The molecule has 15 heavy (non-hydrogen) atoms. The molecule has 0 fully saturated rings. The third kappa shape index (κ3) is 1.63. The Labute approximate surface area is 91.6 Å². The van der Waals surface area contributed by atoms with E-state index >= 15 is 0 Å². The van der Waals surface area contributed by atoms with Gasteiger partial charge < -0.3 is 0 Å². The van der Waals surface area contributed by atoms with E-state index in [4.69, 9.17) is 0 Å². The fourth-order valence-corrected chi connectivity index (χ4v) is 2.31. The second-order valence-corrected chi connectivity index (χ2v) is 4.49. The van der Waals surface area contributed by atoms with Crippen LogP contribution in [0.4, 0.5) is 0 Å². The Morgan fingerprint density at radius 1 is 1.27 bits per heavy atom. The summed E-state index contributed by atoms with van der Waals surface area (Å²) in [7, 11) is 0. The van der Waals surface area contributed by atoms with Crippen molar-refractivity contribution in [3.63, 3.8) is 0 Å². The molecule has 1 aromatic rings. The first-order valence-electron chi connectivity index (χ1n) is 5.48. The Morgan fingerprint density at radius 3 is 2.60 bits per heavy atom. The molecule has 2 rings (SSSR count). The van der Waals surface area contributed by atoms with Gasteiger partial charge in [0, 0.05) is 17.8 Å². The minimum absolute atomic E-state index is 0.164. The van der Waals surface area contributed by atoms with Gasteiger partial charge in [-0.2, -0.15) is 0 Å². The Morgan fingerprint density at radius 2 is 2.07 bits per heavy atom. The number of nitrogens with zero attached hydrogens (tertiary/aromatic N) is 1. The number of pyridine rings is 1. The average molecular weight is 199 g/mol. The van der Waals surface area contributed by atoms with Gasteiger partial charge in [-0.3, -0.25) is 4.98 Å². The molecular formula is C14H17N. The van der Waals surface area contributed by atoms with Gasteiger partial charge in [0.25, 0.3) is 0 Å². The number of hydrogen-bond acceptors (Lipinski definition) is 1. The van der Waals surface area contributed by atoms with E-state index in [0.717, 1.165) is 6.42 Å². The molecule has 0 N–H and O–H groups in total. The summed E-state index contributed by atoms with van der Waals surface area (Å²) >= 11 is 0. The minimum Gasteiger partial charge on any atom is -0.264 e. The summed E-state index contributed by atoms with van der Waals surface area (Å²) in [6, 6.07) is 4.13. The van der Waals surface area contributed by atoms with Gasteiger partial charge in [-0.15, -0.1) is 0 Å². The normalized spacial score (nSPS) is 18.6. The van der Waals surface area contributed by atoms with E-state index in [0.29, 0.717) is 0 Å². The molecule has 0 aromatic carbocycles. The largest absolute Gasteiger partial charge is 0.264 e. The SMILES string of the molecule is CCC1=CC=C(c2cccnc2)C1(C)C. The van der Waals surface area contributed by atoms with Crippen LogP contribution in [0.25, 0.3) is 5.57 Å². The first-order valence-corrected chi connectivity index (χ1v) is 5.48. The van der Waals surface area contributed by atoms with Gasteiger partial charge in [-0.05, 0) is 23.6 Å². The molecule has 0 saturated heterocycles. The standard InChI is InChI=1S/C14H17N/c1-4-12-7-8-13(14(12,2)3)11-6-5-9-15-10-11/h5-10H,4H2,1-3H3. The fraction of sp³-hybridized carbons (Fsp3) is 0.357. The molecule has 0 atom stereocenters. The maximum absolute atomic E-state index is 4.18. The van der Waals surface area contributed by atoms with E-state index in [2.05, 4.69) is 44.0 Å². The predicted octanol–water partition coefficient (Wildman–Crippen LogP) is 3.84. The zero-order chi connectivity index (χ0) is 10.9. The lowest BCUT2D eigenvalue weighted by Crippen LogP contribution is -2.13. The van der Waals surface area contributed by atoms with Gasteiger partial charge >= 0.3 is 0 Å². The smallest absolute Gasteiger partial charge is 0.0343 e. The Balaban J connectivity index is 2.37. The quantitative estimate of drug-likeness (QED) is 0.705. The van der Waals surface area contributed by atoms with E-state index in [9.17, 15) is 0 Å². The van der Waals surface area contributed by atoms with Crippen LogP contribution in [0, 0.1) is 5.41 Å². The van der Waals surface area contributed by atoms with Gasteiger partial charge in [0.2, 0.25) is 0 Å². The van der Waals surface area contributed by atoms with Crippen molar-refractivity contribution in [1.29, 1.82) is 0 Å². The summed E-state index contributed by atoms with van der Waals surface area (Å²) in [6.45, 7) is 6.79. The van der Waals surface area contributed by atoms with E-state index in [1.54, 1.807) is 0 Å². The van der Waals surface area contributed by atoms with Crippen LogP contribution in [-0.4, -0.2) is 4.98 Å². The van der Waals surface area contributed by atoms with Crippen LogP contribution in [0.2, 0.25) is 0 Å². The number of allylic oxidation sites excluding steroid dienone is 4. The van der Waals surface area contributed by atoms with Gasteiger partial charge in [-0.25, -0.2) is 0 Å². The summed E-state index contributed by atoms with van der Waals surface area (Å²) in [5.41, 5.74) is 4.29. The Kier molecular flexibility index (Phi) is 2.47.